The molecule has 0 atom stereocenters. The molecule has 1 N–H and O–H groups in total. The highest BCUT2D eigenvalue weighted by Crippen LogP contribution is 2.31. The number of H-pyrrole nitrogens is 1. The number of hydrogen-bond donors (Lipinski definition) is 1. The van der Waals surface area contributed by atoms with Crippen molar-refractivity contribution in [3.05, 3.63) is 40.6 Å². The predicted octanol–water partition coefficient (Wildman–Crippen LogP) is 4.30. The fourth-order valence-electron chi connectivity index (χ4n) is 3.84. The van der Waals surface area contributed by atoms with E-state index in [-0.39, 0.29) is 24.3 Å². The molecule has 0 unspecified atom stereocenters. The zero-order valence-corrected chi connectivity index (χ0v) is 14.1. The van der Waals surface area contributed by atoms with Gasteiger partial charge in [0, 0.05) is 39.3 Å². The number of fused-ring (bicyclic) bond motifs is 1. The Kier molecular flexibility index (Phi) is 3.93. The molecule has 0 spiro atoms. The van der Waals surface area contributed by atoms with Crippen molar-refractivity contribution in [1.82, 2.24) is 9.88 Å². The van der Waals surface area contributed by atoms with Gasteiger partial charge in [0.1, 0.15) is 0 Å². The number of rotatable bonds is 2. The first kappa shape index (κ1) is 15.5. The summed E-state index contributed by atoms with van der Waals surface area (Å²) in [7, 11) is 0. The monoisotopic (exact) mass is 342 g/mol. The molecule has 5 heteroatoms. The van der Waals surface area contributed by atoms with Crippen LogP contribution >= 0.6 is 11.6 Å². The Balaban J connectivity index is 1.65. The number of aromatic amines is 1. The summed E-state index contributed by atoms with van der Waals surface area (Å²) in [6.45, 7) is 0. The number of nitrogens with one attached hydrogen (secondary N) is 1. The van der Waals surface area contributed by atoms with Gasteiger partial charge in [0.15, 0.2) is 0 Å². The number of halogens is 1. The Labute approximate surface area is 145 Å². The summed E-state index contributed by atoms with van der Waals surface area (Å²) < 4.78 is 0. The number of hydrogen-bond acceptors (Lipinski definition) is 2. The van der Waals surface area contributed by atoms with Crippen LogP contribution in [0.4, 0.5) is 0 Å². The van der Waals surface area contributed by atoms with Crippen molar-refractivity contribution in [3.8, 4) is 0 Å². The van der Waals surface area contributed by atoms with Gasteiger partial charge in [0.05, 0.1) is 6.42 Å². The van der Waals surface area contributed by atoms with Crippen molar-refractivity contribution in [2.24, 2.45) is 0 Å². The van der Waals surface area contributed by atoms with E-state index in [9.17, 15) is 9.59 Å². The van der Waals surface area contributed by atoms with E-state index in [1.807, 2.05) is 30.5 Å². The molecule has 4 nitrogen and oxygen atoms in total. The maximum absolute atomic E-state index is 12.7. The van der Waals surface area contributed by atoms with Crippen molar-refractivity contribution in [3.63, 3.8) is 0 Å². The van der Waals surface area contributed by atoms with E-state index >= 15 is 0 Å². The highest BCUT2D eigenvalue weighted by atomic mass is 35.5. The van der Waals surface area contributed by atoms with Gasteiger partial charge < -0.3 is 4.98 Å². The van der Waals surface area contributed by atoms with Crippen LogP contribution in [0.1, 0.15) is 44.1 Å². The van der Waals surface area contributed by atoms with Gasteiger partial charge in [-0.15, -0.1) is 0 Å². The summed E-state index contributed by atoms with van der Waals surface area (Å²) in [6.07, 6.45) is 9.19. The molecular weight excluding hydrogens is 324 g/mol. The van der Waals surface area contributed by atoms with Gasteiger partial charge >= 0.3 is 0 Å². The first-order chi connectivity index (χ1) is 11.6. The van der Waals surface area contributed by atoms with Gasteiger partial charge in [-0.05, 0) is 31.1 Å². The summed E-state index contributed by atoms with van der Waals surface area (Å²) in [6, 6.07) is 5.71. The molecule has 0 radical (unpaired) electrons. The molecule has 4 rings (SSSR count). The average molecular weight is 343 g/mol. The summed E-state index contributed by atoms with van der Waals surface area (Å²) in [5.41, 5.74) is 2.43. The minimum atomic E-state index is -0.116. The van der Waals surface area contributed by atoms with E-state index in [1.165, 1.54) is 11.3 Å². The SMILES string of the molecule is O=C1C/C(=C/c2c[nH]c3cc(Cl)ccc23)C(=O)N1C1CCCCC1. The second-order valence-corrected chi connectivity index (χ2v) is 7.08. The molecule has 1 aromatic heterocycles. The third kappa shape index (κ3) is 2.65. The largest absolute Gasteiger partial charge is 0.361 e. The fraction of sp³-hybridized carbons (Fsp3) is 0.368. The zero-order valence-electron chi connectivity index (χ0n) is 13.3. The molecular formula is C19H19ClN2O2. The maximum Gasteiger partial charge on any atom is 0.257 e. The van der Waals surface area contributed by atoms with Gasteiger partial charge in [0.2, 0.25) is 5.91 Å². The lowest BCUT2D eigenvalue weighted by atomic mass is 9.94. The van der Waals surface area contributed by atoms with E-state index < -0.39 is 0 Å². The Morgan fingerprint density at radius 2 is 1.96 bits per heavy atom. The Bertz CT molecular complexity index is 846. The first-order valence-electron chi connectivity index (χ1n) is 8.47. The maximum atomic E-state index is 12.7. The van der Waals surface area contributed by atoms with Crippen LogP contribution < -0.4 is 0 Å². The topological polar surface area (TPSA) is 53.2 Å². The number of amides is 2. The third-order valence-electron chi connectivity index (χ3n) is 5.05. The van der Waals surface area contributed by atoms with Crippen LogP contribution in [0.25, 0.3) is 17.0 Å². The second kappa shape index (κ2) is 6.10. The lowest BCUT2D eigenvalue weighted by Crippen LogP contribution is -2.40. The Hall–Kier alpha value is -2.07. The van der Waals surface area contributed by atoms with Crippen molar-refractivity contribution < 1.29 is 9.59 Å². The molecule has 2 fully saturated rings. The quantitative estimate of drug-likeness (QED) is 0.653. The standard InChI is InChI=1S/C19H19ClN2O2/c20-14-6-7-16-13(11-21-17(16)10-14)8-12-9-18(23)22(19(12)24)15-4-2-1-3-5-15/h6-8,10-11,15,21H,1-5,9H2/b12-8-. The fourth-order valence-corrected chi connectivity index (χ4v) is 4.01. The summed E-state index contributed by atoms with van der Waals surface area (Å²) in [5.74, 6) is -0.170. The lowest BCUT2D eigenvalue weighted by Gasteiger charge is -2.29. The van der Waals surface area contributed by atoms with Crippen LogP contribution in [0.5, 0.6) is 0 Å². The molecule has 1 saturated heterocycles. The number of aromatic nitrogens is 1. The summed E-state index contributed by atoms with van der Waals surface area (Å²) >= 11 is 6.00. The van der Waals surface area contributed by atoms with Gasteiger partial charge in [-0.3, -0.25) is 14.5 Å². The van der Waals surface area contributed by atoms with Gasteiger partial charge in [-0.25, -0.2) is 0 Å². The molecule has 0 bridgehead atoms. The summed E-state index contributed by atoms with van der Waals surface area (Å²) in [4.78, 5) is 29.8. The molecule has 1 aliphatic heterocycles. The van der Waals surface area contributed by atoms with Gasteiger partial charge in [0.25, 0.3) is 5.91 Å². The minimum Gasteiger partial charge on any atom is -0.361 e. The molecule has 1 aromatic carbocycles. The first-order valence-corrected chi connectivity index (χ1v) is 8.85. The van der Waals surface area contributed by atoms with Crippen molar-refractivity contribution in [2.45, 2.75) is 44.6 Å². The van der Waals surface area contributed by atoms with Crippen LogP contribution in [0.3, 0.4) is 0 Å². The molecule has 2 aromatic rings. The number of benzene rings is 1. The van der Waals surface area contributed by atoms with Crippen LogP contribution in [0.15, 0.2) is 30.0 Å². The van der Waals surface area contributed by atoms with Crippen LogP contribution in [-0.2, 0) is 9.59 Å². The normalized spacial score (nSPS) is 21.4. The molecule has 1 saturated carbocycles. The molecule has 1 aliphatic carbocycles. The average Bonchev–Trinajstić information content (AvgIpc) is 3.09. The molecule has 2 heterocycles. The van der Waals surface area contributed by atoms with Gasteiger partial charge in [-0.1, -0.05) is 36.9 Å². The third-order valence-corrected chi connectivity index (χ3v) is 5.28. The number of carbonyl (C=O) groups is 2. The van der Waals surface area contributed by atoms with Crippen molar-refractivity contribution >= 4 is 40.4 Å². The number of nitrogens with zero attached hydrogens (tertiary/aromatic N) is 1. The van der Waals surface area contributed by atoms with Crippen LogP contribution in [0.2, 0.25) is 5.02 Å². The number of likely N-dealkylation sites (tertiary alicyclic amines) is 1. The Morgan fingerprint density at radius 3 is 2.75 bits per heavy atom. The number of carbonyl (C=O) groups excluding carboxylic acids is 2. The highest BCUT2D eigenvalue weighted by Gasteiger charge is 2.38. The highest BCUT2D eigenvalue weighted by molar-refractivity contribution is 6.31. The zero-order chi connectivity index (χ0) is 16.7. The van der Waals surface area contributed by atoms with E-state index in [0.717, 1.165) is 42.1 Å². The summed E-state index contributed by atoms with van der Waals surface area (Å²) in [5, 5.41) is 1.67. The molecule has 2 aliphatic rings. The molecule has 24 heavy (non-hydrogen) atoms. The Morgan fingerprint density at radius 1 is 1.17 bits per heavy atom. The van der Waals surface area contributed by atoms with E-state index in [1.54, 1.807) is 0 Å². The molecule has 2 amide bonds. The van der Waals surface area contributed by atoms with Crippen LogP contribution in [-0.4, -0.2) is 27.7 Å². The van der Waals surface area contributed by atoms with Crippen molar-refractivity contribution in [2.75, 3.05) is 0 Å². The van der Waals surface area contributed by atoms with E-state index in [0.29, 0.717) is 10.6 Å². The lowest BCUT2D eigenvalue weighted by molar-refractivity contribution is -0.141. The molecule has 124 valence electrons. The van der Waals surface area contributed by atoms with Crippen LogP contribution in [0, 0.1) is 0 Å². The van der Waals surface area contributed by atoms with Crippen molar-refractivity contribution in [1.29, 1.82) is 0 Å². The number of imide groups is 1. The predicted molar refractivity (Wildman–Crippen MR) is 94.6 cm³/mol. The smallest absolute Gasteiger partial charge is 0.257 e. The van der Waals surface area contributed by atoms with E-state index in [2.05, 4.69) is 4.98 Å². The van der Waals surface area contributed by atoms with Gasteiger partial charge in [-0.2, -0.15) is 0 Å². The minimum absolute atomic E-state index is 0.0546. The van der Waals surface area contributed by atoms with E-state index in [4.69, 9.17) is 11.6 Å². The second-order valence-electron chi connectivity index (χ2n) is 6.64.